The molecule has 8 heteroatoms. The van der Waals surface area contributed by atoms with Gasteiger partial charge < -0.3 is 5.32 Å². The number of amides is 2. The zero-order valence-electron chi connectivity index (χ0n) is 17.9. The Morgan fingerprint density at radius 1 is 1.06 bits per heavy atom. The Labute approximate surface area is 194 Å². The van der Waals surface area contributed by atoms with Crippen molar-refractivity contribution < 1.29 is 18.0 Å². The first-order valence-electron chi connectivity index (χ1n) is 10.2. The van der Waals surface area contributed by atoms with Crippen molar-refractivity contribution >= 4 is 29.0 Å². The van der Waals surface area contributed by atoms with E-state index >= 15 is 0 Å². The Bertz CT molecular complexity index is 1210. The zero-order chi connectivity index (χ0) is 23.8. The smallest absolute Gasteiger partial charge is 0.306 e. The lowest BCUT2D eigenvalue weighted by Crippen LogP contribution is -2.38. The Kier molecular flexibility index (Phi) is 5.93. The van der Waals surface area contributed by atoms with Crippen LogP contribution in [0.2, 0.25) is 5.02 Å². The highest BCUT2D eigenvalue weighted by Gasteiger charge is 2.42. The fraction of sp³-hybridized carbons (Fsp3) is 0.200. The molecule has 4 nitrogen and oxygen atoms in total. The molecule has 0 aromatic heterocycles. The van der Waals surface area contributed by atoms with Crippen LogP contribution in [0.15, 0.2) is 77.9 Å². The Hall–Kier alpha value is -3.32. The summed E-state index contributed by atoms with van der Waals surface area (Å²) in [6.07, 6.45) is -4.45. The van der Waals surface area contributed by atoms with Gasteiger partial charge in [-0.05, 0) is 60.9 Å². The number of hydrazone groups is 1. The second-order valence-corrected chi connectivity index (χ2v) is 8.61. The average molecular weight is 472 g/mol. The topological polar surface area (TPSA) is 44.7 Å². The number of hydrogen-bond acceptors (Lipinski definition) is 2. The first-order valence-corrected chi connectivity index (χ1v) is 10.6. The zero-order valence-corrected chi connectivity index (χ0v) is 18.7. The Balaban J connectivity index is 1.65. The third-order valence-electron chi connectivity index (χ3n) is 5.76. The van der Waals surface area contributed by atoms with Crippen LogP contribution in [0.1, 0.15) is 29.2 Å². The highest BCUT2D eigenvalue weighted by Crippen LogP contribution is 2.36. The maximum atomic E-state index is 13.0. The van der Waals surface area contributed by atoms with Crippen LogP contribution >= 0.6 is 11.6 Å². The van der Waals surface area contributed by atoms with Crippen LogP contribution in [-0.4, -0.2) is 23.3 Å². The number of anilines is 1. The molecule has 0 aliphatic carbocycles. The van der Waals surface area contributed by atoms with Gasteiger partial charge in [0, 0.05) is 10.7 Å². The van der Waals surface area contributed by atoms with Crippen molar-refractivity contribution in [1.29, 1.82) is 0 Å². The van der Waals surface area contributed by atoms with Crippen molar-refractivity contribution in [1.82, 2.24) is 5.01 Å². The van der Waals surface area contributed by atoms with Gasteiger partial charge in [0.15, 0.2) is 0 Å². The number of nitrogens with zero attached hydrogens (tertiary/aromatic N) is 2. The number of halogens is 4. The molecule has 0 saturated heterocycles. The maximum Gasteiger partial charge on any atom is 0.416 e. The lowest BCUT2D eigenvalue weighted by molar-refractivity contribution is -0.138. The van der Waals surface area contributed by atoms with Gasteiger partial charge in [-0.2, -0.15) is 18.3 Å². The van der Waals surface area contributed by atoms with Gasteiger partial charge in [0.05, 0.1) is 23.2 Å². The number of benzene rings is 3. The summed E-state index contributed by atoms with van der Waals surface area (Å²) in [4.78, 5) is 13.0. The molecule has 1 aliphatic heterocycles. The molecule has 0 spiro atoms. The van der Waals surface area contributed by atoms with E-state index in [9.17, 15) is 18.0 Å². The maximum absolute atomic E-state index is 13.0. The molecule has 170 valence electrons. The number of carbonyl (C=O) groups excluding carboxylic acids is 1. The lowest BCUT2D eigenvalue weighted by atomic mass is 9.76. The number of hydrogen-bond donors (Lipinski definition) is 1. The number of carbonyl (C=O) groups is 1. The molecule has 33 heavy (non-hydrogen) atoms. The SMILES string of the molecule is Cc1cc(NC(=O)N2CC(C)(c3ccccc3)C(c3ccc(Cl)cc3)=N2)ccc1C(F)(F)F. The van der Waals surface area contributed by atoms with E-state index in [-0.39, 0.29) is 17.8 Å². The number of rotatable bonds is 3. The quantitative estimate of drug-likeness (QED) is 0.444. The van der Waals surface area contributed by atoms with E-state index < -0.39 is 23.2 Å². The molecule has 1 N–H and O–H groups in total. The first-order chi connectivity index (χ1) is 15.6. The lowest BCUT2D eigenvalue weighted by Gasteiger charge is -2.27. The molecule has 4 rings (SSSR count). The number of nitrogens with one attached hydrogen (secondary N) is 1. The van der Waals surface area contributed by atoms with Crippen molar-refractivity contribution in [3.63, 3.8) is 0 Å². The molecular weight excluding hydrogens is 451 g/mol. The molecule has 1 aliphatic rings. The van der Waals surface area contributed by atoms with Gasteiger partial charge in [0.25, 0.3) is 0 Å². The van der Waals surface area contributed by atoms with Gasteiger partial charge in [0.2, 0.25) is 0 Å². The van der Waals surface area contributed by atoms with Crippen LogP contribution in [-0.2, 0) is 11.6 Å². The summed E-state index contributed by atoms with van der Waals surface area (Å²) >= 11 is 6.04. The summed E-state index contributed by atoms with van der Waals surface area (Å²) in [6, 6.07) is 19.9. The average Bonchev–Trinajstić information content (AvgIpc) is 3.13. The van der Waals surface area contributed by atoms with E-state index in [0.717, 1.165) is 17.2 Å². The molecule has 1 unspecified atom stereocenters. The molecule has 0 saturated carbocycles. The van der Waals surface area contributed by atoms with E-state index in [1.54, 1.807) is 12.1 Å². The minimum atomic E-state index is -4.45. The second-order valence-electron chi connectivity index (χ2n) is 8.17. The molecule has 3 aromatic carbocycles. The predicted octanol–water partition coefficient (Wildman–Crippen LogP) is 6.88. The van der Waals surface area contributed by atoms with Crippen LogP contribution in [0.25, 0.3) is 0 Å². The van der Waals surface area contributed by atoms with Gasteiger partial charge in [-0.15, -0.1) is 0 Å². The van der Waals surface area contributed by atoms with Gasteiger partial charge in [0.1, 0.15) is 0 Å². The third-order valence-corrected chi connectivity index (χ3v) is 6.01. The van der Waals surface area contributed by atoms with E-state index in [1.807, 2.05) is 49.4 Å². The summed E-state index contributed by atoms with van der Waals surface area (Å²) in [6.45, 7) is 3.63. The summed E-state index contributed by atoms with van der Waals surface area (Å²) < 4.78 is 39.1. The van der Waals surface area contributed by atoms with E-state index in [0.29, 0.717) is 10.7 Å². The summed E-state index contributed by atoms with van der Waals surface area (Å²) in [7, 11) is 0. The largest absolute Gasteiger partial charge is 0.416 e. The van der Waals surface area contributed by atoms with Gasteiger partial charge in [-0.25, -0.2) is 9.80 Å². The molecule has 1 heterocycles. The minimum Gasteiger partial charge on any atom is -0.306 e. The van der Waals surface area contributed by atoms with Crippen molar-refractivity contribution in [2.24, 2.45) is 5.10 Å². The van der Waals surface area contributed by atoms with Gasteiger partial charge in [-0.1, -0.05) is 54.1 Å². The molecule has 0 radical (unpaired) electrons. The molecule has 3 aromatic rings. The first kappa shape index (κ1) is 22.9. The number of alkyl halides is 3. The van der Waals surface area contributed by atoms with Crippen LogP contribution in [0.4, 0.5) is 23.7 Å². The van der Waals surface area contributed by atoms with Gasteiger partial charge >= 0.3 is 12.2 Å². The van der Waals surface area contributed by atoms with E-state index in [1.165, 1.54) is 24.1 Å². The summed E-state index contributed by atoms with van der Waals surface area (Å²) in [5.74, 6) is 0. The molecule has 0 bridgehead atoms. The van der Waals surface area contributed by atoms with Crippen LogP contribution in [0.3, 0.4) is 0 Å². The third kappa shape index (κ3) is 4.59. The van der Waals surface area contributed by atoms with Crippen LogP contribution in [0, 0.1) is 6.92 Å². The van der Waals surface area contributed by atoms with Crippen molar-refractivity contribution in [3.8, 4) is 0 Å². The molecule has 0 fully saturated rings. The second kappa shape index (κ2) is 8.56. The Morgan fingerprint density at radius 3 is 2.33 bits per heavy atom. The number of urea groups is 1. The summed E-state index contributed by atoms with van der Waals surface area (Å²) in [5.41, 5.74) is 1.47. The van der Waals surface area contributed by atoms with Crippen LogP contribution in [0.5, 0.6) is 0 Å². The normalized spacial score (nSPS) is 18.2. The Morgan fingerprint density at radius 2 is 1.73 bits per heavy atom. The highest BCUT2D eigenvalue weighted by atomic mass is 35.5. The molecule has 1 atom stereocenters. The van der Waals surface area contributed by atoms with Crippen LogP contribution < -0.4 is 5.32 Å². The molecular formula is C25H21ClF3N3O. The molecule has 2 amide bonds. The van der Waals surface area contributed by atoms with E-state index in [4.69, 9.17) is 11.6 Å². The minimum absolute atomic E-state index is 0.0289. The monoisotopic (exact) mass is 471 g/mol. The predicted molar refractivity (Wildman–Crippen MR) is 124 cm³/mol. The summed E-state index contributed by atoms with van der Waals surface area (Å²) in [5, 5.41) is 9.17. The standard InChI is InChI=1S/C25H21ClF3N3O/c1-16-14-20(12-13-21(16)25(27,28)29)30-23(33)32-15-24(2,18-6-4-3-5-7-18)22(31-32)17-8-10-19(26)11-9-17/h3-14H,15H2,1-2H3,(H,30,33). The van der Waals surface area contributed by atoms with Gasteiger partial charge in [-0.3, -0.25) is 0 Å². The van der Waals surface area contributed by atoms with Crippen molar-refractivity contribution in [2.75, 3.05) is 11.9 Å². The van der Waals surface area contributed by atoms with Crippen molar-refractivity contribution in [3.05, 3.63) is 100 Å². The number of aryl methyl sites for hydroxylation is 1. The highest BCUT2D eigenvalue weighted by molar-refractivity contribution is 6.30. The fourth-order valence-electron chi connectivity index (χ4n) is 4.02. The van der Waals surface area contributed by atoms with E-state index in [2.05, 4.69) is 10.4 Å². The van der Waals surface area contributed by atoms with Crippen molar-refractivity contribution in [2.45, 2.75) is 25.4 Å². The fourth-order valence-corrected chi connectivity index (χ4v) is 4.15.